The number of nitrogens with zero attached hydrogens (tertiary/aromatic N) is 1. The van der Waals surface area contributed by atoms with Gasteiger partial charge in [0.2, 0.25) is 11.8 Å². The predicted molar refractivity (Wildman–Crippen MR) is 98.4 cm³/mol. The van der Waals surface area contributed by atoms with Crippen LogP contribution in [0.3, 0.4) is 0 Å². The van der Waals surface area contributed by atoms with Gasteiger partial charge in [0.15, 0.2) is 0 Å². The molecule has 0 aromatic rings. The van der Waals surface area contributed by atoms with Gasteiger partial charge in [-0.15, -0.1) is 6.58 Å². The van der Waals surface area contributed by atoms with Crippen LogP contribution in [0.5, 0.6) is 0 Å². The molecule has 26 heavy (non-hydrogen) atoms. The van der Waals surface area contributed by atoms with Gasteiger partial charge < -0.3 is 20.3 Å². The van der Waals surface area contributed by atoms with E-state index in [2.05, 4.69) is 17.2 Å². The first-order chi connectivity index (χ1) is 12.5. The Labute approximate surface area is 155 Å². The van der Waals surface area contributed by atoms with E-state index < -0.39 is 0 Å². The molecule has 0 spiro atoms. The molecule has 1 saturated carbocycles. The average Bonchev–Trinajstić information content (AvgIpc) is 2.67. The summed E-state index contributed by atoms with van der Waals surface area (Å²) < 4.78 is 5.01. The summed E-state index contributed by atoms with van der Waals surface area (Å²) in [6.07, 6.45) is 5.91. The van der Waals surface area contributed by atoms with Crippen molar-refractivity contribution >= 4 is 17.9 Å². The van der Waals surface area contributed by atoms with Gasteiger partial charge in [0.1, 0.15) is 0 Å². The number of carbonyl (C=O) groups is 3. The minimum atomic E-state index is -0.273. The first-order valence-electron chi connectivity index (χ1n) is 9.65. The number of hydrogen-bond donors (Lipinski definition) is 2. The lowest BCUT2D eigenvalue weighted by atomic mass is 9.81. The lowest BCUT2D eigenvalue weighted by molar-refractivity contribution is -0.131. The van der Waals surface area contributed by atoms with Gasteiger partial charge in [0.25, 0.3) is 0 Å². The second kappa shape index (κ2) is 10.2. The molecule has 1 aliphatic carbocycles. The van der Waals surface area contributed by atoms with E-state index >= 15 is 0 Å². The van der Waals surface area contributed by atoms with Crippen LogP contribution < -0.4 is 10.6 Å². The van der Waals surface area contributed by atoms with E-state index in [9.17, 15) is 14.4 Å². The highest BCUT2D eigenvalue weighted by molar-refractivity contribution is 5.81. The van der Waals surface area contributed by atoms with Crippen molar-refractivity contribution in [1.82, 2.24) is 15.5 Å². The number of amides is 3. The quantitative estimate of drug-likeness (QED) is 0.703. The fraction of sp³-hybridized carbons (Fsp3) is 0.737. The fourth-order valence-electron chi connectivity index (χ4n) is 3.68. The molecular weight excluding hydrogens is 334 g/mol. The van der Waals surface area contributed by atoms with Gasteiger partial charge in [-0.25, -0.2) is 4.79 Å². The van der Waals surface area contributed by atoms with E-state index in [1.54, 1.807) is 17.9 Å². The summed E-state index contributed by atoms with van der Waals surface area (Å²) in [5.41, 5.74) is 0. The number of rotatable bonds is 6. The van der Waals surface area contributed by atoms with Crippen LogP contribution in [0.2, 0.25) is 0 Å². The van der Waals surface area contributed by atoms with Crippen LogP contribution >= 0.6 is 0 Å². The van der Waals surface area contributed by atoms with Gasteiger partial charge in [0, 0.05) is 37.5 Å². The molecule has 3 amide bonds. The zero-order chi connectivity index (χ0) is 18.9. The first kappa shape index (κ1) is 20.3. The van der Waals surface area contributed by atoms with Crippen LogP contribution in [0, 0.1) is 11.8 Å². The van der Waals surface area contributed by atoms with Gasteiger partial charge in [-0.2, -0.15) is 0 Å². The van der Waals surface area contributed by atoms with Crippen LogP contribution in [0.25, 0.3) is 0 Å². The molecule has 1 heterocycles. The third-order valence-corrected chi connectivity index (χ3v) is 5.26. The van der Waals surface area contributed by atoms with Crippen molar-refractivity contribution in [2.24, 2.45) is 11.8 Å². The van der Waals surface area contributed by atoms with Gasteiger partial charge in [0.05, 0.1) is 6.61 Å². The number of carbonyl (C=O) groups excluding carboxylic acids is 3. The highest BCUT2D eigenvalue weighted by atomic mass is 16.6. The Hall–Kier alpha value is -2.05. The maximum atomic E-state index is 12.5. The topological polar surface area (TPSA) is 87.7 Å². The largest absolute Gasteiger partial charge is 0.450 e. The Morgan fingerprint density at radius 2 is 1.62 bits per heavy atom. The number of piperidine rings is 1. The summed E-state index contributed by atoms with van der Waals surface area (Å²) in [5, 5.41) is 5.96. The molecule has 2 rings (SSSR count). The van der Waals surface area contributed by atoms with E-state index in [4.69, 9.17) is 4.74 Å². The van der Waals surface area contributed by atoms with E-state index in [1.165, 1.54) is 0 Å². The molecule has 0 atom stereocenters. The molecule has 1 aliphatic heterocycles. The summed E-state index contributed by atoms with van der Waals surface area (Å²) in [4.78, 5) is 37.9. The Bertz CT molecular complexity index is 507. The zero-order valence-corrected chi connectivity index (χ0v) is 15.7. The van der Waals surface area contributed by atoms with Gasteiger partial charge in [-0.3, -0.25) is 9.59 Å². The van der Waals surface area contributed by atoms with E-state index in [-0.39, 0.29) is 35.8 Å². The van der Waals surface area contributed by atoms with Gasteiger partial charge >= 0.3 is 6.09 Å². The second-order valence-corrected chi connectivity index (χ2v) is 7.05. The number of nitrogens with one attached hydrogen (secondary N) is 2. The first-order valence-corrected chi connectivity index (χ1v) is 9.65. The van der Waals surface area contributed by atoms with Crippen molar-refractivity contribution in [3.63, 3.8) is 0 Å². The van der Waals surface area contributed by atoms with E-state index in [0.717, 1.165) is 38.5 Å². The van der Waals surface area contributed by atoms with E-state index in [0.29, 0.717) is 26.2 Å². The minimum Gasteiger partial charge on any atom is -0.450 e. The van der Waals surface area contributed by atoms with Crippen LogP contribution in [-0.4, -0.2) is 55.1 Å². The van der Waals surface area contributed by atoms with Gasteiger partial charge in [-0.05, 0) is 45.4 Å². The standard InChI is InChI=1S/C19H31N3O4/c1-3-11-20-17(23)14-5-7-15(8-6-14)18(24)21-16-9-12-22(13-10-16)19(25)26-4-2/h3,14-16H,1,4-13H2,2H3,(H,20,23)(H,21,24). The molecule has 146 valence electrons. The SMILES string of the molecule is C=CCNC(=O)C1CCC(C(=O)NC2CCN(C(=O)OCC)CC2)CC1. The van der Waals surface area contributed by atoms with Crippen LogP contribution in [0.1, 0.15) is 45.4 Å². The third kappa shape index (κ3) is 5.75. The summed E-state index contributed by atoms with van der Waals surface area (Å²) in [7, 11) is 0. The number of likely N-dealkylation sites (tertiary alicyclic amines) is 1. The smallest absolute Gasteiger partial charge is 0.409 e. The molecule has 7 nitrogen and oxygen atoms in total. The molecule has 1 saturated heterocycles. The van der Waals surface area contributed by atoms with Crippen molar-refractivity contribution in [2.75, 3.05) is 26.2 Å². The number of ether oxygens (including phenoxy) is 1. The highest BCUT2D eigenvalue weighted by Gasteiger charge is 2.31. The molecule has 2 aliphatic rings. The molecular formula is C19H31N3O4. The van der Waals surface area contributed by atoms with Crippen molar-refractivity contribution in [3.8, 4) is 0 Å². The summed E-state index contributed by atoms with van der Waals surface area (Å²) in [6.45, 7) is 7.48. The maximum absolute atomic E-state index is 12.5. The Kier molecular flexibility index (Phi) is 7.94. The molecule has 0 aromatic heterocycles. The zero-order valence-electron chi connectivity index (χ0n) is 15.7. The summed E-state index contributed by atoms with van der Waals surface area (Å²) >= 11 is 0. The lowest BCUT2D eigenvalue weighted by Gasteiger charge is -2.33. The molecule has 0 bridgehead atoms. The lowest BCUT2D eigenvalue weighted by Crippen LogP contribution is -2.48. The molecule has 7 heteroatoms. The number of hydrogen-bond acceptors (Lipinski definition) is 4. The second-order valence-electron chi connectivity index (χ2n) is 7.05. The molecule has 2 N–H and O–H groups in total. The Morgan fingerprint density at radius 3 is 2.15 bits per heavy atom. The van der Waals surface area contributed by atoms with Crippen molar-refractivity contribution < 1.29 is 19.1 Å². The minimum absolute atomic E-state index is 0.00631. The van der Waals surface area contributed by atoms with Crippen molar-refractivity contribution in [3.05, 3.63) is 12.7 Å². The monoisotopic (exact) mass is 365 g/mol. The molecule has 0 unspecified atom stereocenters. The van der Waals surface area contributed by atoms with Crippen LogP contribution in [-0.2, 0) is 14.3 Å². The third-order valence-electron chi connectivity index (χ3n) is 5.26. The average molecular weight is 365 g/mol. The fourth-order valence-corrected chi connectivity index (χ4v) is 3.68. The summed E-state index contributed by atoms with van der Waals surface area (Å²) in [5.74, 6) is 0.146. The Balaban J connectivity index is 1.69. The van der Waals surface area contributed by atoms with Crippen LogP contribution in [0.15, 0.2) is 12.7 Å². The summed E-state index contributed by atoms with van der Waals surface area (Å²) in [6, 6.07) is 0.113. The maximum Gasteiger partial charge on any atom is 0.409 e. The van der Waals surface area contributed by atoms with Crippen molar-refractivity contribution in [1.29, 1.82) is 0 Å². The van der Waals surface area contributed by atoms with Crippen LogP contribution in [0.4, 0.5) is 4.79 Å². The normalized spacial score (nSPS) is 23.8. The molecule has 2 fully saturated rings. The Morgan fingerprint density at radius 1 is 1.04 bits per heavy atom. The molecule has 0 radical (unpaired) electrons. The van der Waals surface area contributed by atoms with Gasteiger partial charge in [-0.1, -0.05) is 6.08 Å². The van der Waals surface area contributed by atoms with Crippen molar-refractivity contribution in [2.45, 2.75) is 51.5 Å². The predicted octanol–water partition coefficient (Wildman–Crippen LogP) is 1.83. The van der Waals surface area contributed by atoms with E-state index in [1.807, 2.05) is 0 Å². The highest BCUT2D eigenvalue weighted by Crippen LogP contribution is 2.29. The molecule has 0 aromatic carbocycles.